The summed E-state index contributed by atoms with van der Waals surface area (Å²) in [6.45, 7) is 0.498. The van der Waals surface area contributed by atoms with Crippen LogP contribution in [-0.2, 0) is 9.84 Å². The van der Waals surface area contributed by atoms with Gasteiger partial charge in [0.2, 0.25) is 0 Å². The summed E-state index contributed by atoms with van der Waals surface area (Å²) in [7, 11) is -2.92. The average Bonchev–Trinajstić information content (AvgIpc) is 2.17. The Morgan fingerprint density at radius 1 is 1.33 bits per heavy atom. The van der Waals surface area contributed by atoms with Crippen LogP contribution in [0, 0.1) is 0 Å². The van der Waals surface area contributed by atoms with Gasteiger partial charge in [-0.2, -0.15) is 0 Å². The number of halogens is 1. The Balaban J connectivity index is 2.29. The first-order valence-electron chi connectivity index (χ1n) is 4.77. The summed E-state index contributed by atoms with van der Waals surface area (Å²) in [5, 5.41) is 3.79. The molecule has 1 unspecified atom stereocenters. The second-order valence-electron chi connectivity index (χ2n) is 3.64. The van der Waals surface area contributed by atoms with Gasteiger partial charge in [0.05, 0.1) is 11.5 Å². The average molecular weight is 246 g/mol. The van der Waals surface area contributed by atoms with E-state index in [1.54, 1.807) is 6.07 Å². The molecule has 1 N–H and O–H groups in total. The van der Waals surface area contributed by atoms with Gasteiger partial charge >= 0.3 is 0 Å². The largest absolute Gasteiger partial charge is 0.308 e. The number of hydrogen-bond donors (Lipinski definition) is 1. The lowest BCUT2D eigenvalue weighted by atomic mass is 10.1. The first-order chi connectivity index (χ1) is 7.08. The summed E-state index contributed by atoms with van der Waals surface area (Å²) in [5.74, 6) is 0.352. The van der Waals surface area contributed by atoms with Crippen LogP contribution in [-0.4, -0.2) is 26.5 Å². The third-order valence-electron chi connectivity index (χ3n) is 2.51. The Bertz CT molecular complexity index is 458. The minimum Gasteiger partial charge on any atom is -0.308 e. The molecular weight excluding hydrogens is 234 g/mol. The molecule has 5 heteroatoms. The van der Waals surface area contributed by atoms with E-state index >= 15 is 0 Å². The lowest BCUT2D eigenvalue weighted by Gasteiger charge is -2.24. The summed E-state index contributed by atoms with van der Waals surface area (Å²) in [6.07, 6.45) is 0. The van der Waals surface area contributed by atoms with Crippen LogP contribution in [0.4, 0.5) is 0 Å². The van der Waals surface area contributed by atoms with Crippen LogP contribution in [0.3, 0.4) is 0 Å². The zero-order valence-electron chi connectivity index (χ0n) is 8.11. The topological polar surface area (TPSA) is 46.2 Å². The van der Waals surface area contributed by atoms with Crippen molar-refractivity contribution in [2.24, 2.45) is 0 Å². The van der Waals surface area contributed by atoms with Crippen LogP contribution in [0.1, 0.15) is 11.6 Å². The van der Waals surface area contributed by atoms with Gasteiger partial charge < -0.3 is 5.32 Å². The fraction of sp³-hybridized carbons (Fsp3) is 0.400. The summed E-state index contributed by atoms with van der Waals surface area (Å²) < 4.78 is 22.9. The highest BCUT2D eigenvalue weighted by Gasteiger charge is 2.26. The fourth-order valence-corrected chi connectivity index (χ4v) is 3.41. The van der Waals surface area contributed by atoms with Crippen molar-refractivity contribution in [3.63, 3.8) is 0 Å². The van der Waals surface area contributed by atoms with E-state index in [9.17, 15) is 8.42 Å². The number of rotatable bonds is 1. The molecule has 15 heavy (non-hydrogen) atoms. The van der Waals surface area contributed by atoms with E-state index in [4.69, 9.17) is 11.6 Å². The van der Waals surface area contributed by atoms with Crippen LogP contribution < -0.4 is 5.32 Å². The highest BCUT2D eigenvalue weighted by atomic mass is 35.5. The van der Waals surface area contributed by atoms with Gasteiger partial charge in [-0.15, -0.1) is 0 Å². The molecule has 82 valence electrons. The lowest BCUT2D eigenvalue weighted by Crippen LogP contribution is -2.39. The zero-order chi connectivity index (χ0) is 10.9. The third kappa shape index (κ3) is 2.51. The van der Waals surface area contributed by atoms with Gasteiger partial charge in [0.1, 0.15) is 0 Å². The molecule has 0 amide bonds. The Labute approximate surface area is 94.4 Å². The van der Waals surface area contributed by atoms with Crippen LogP contribution in [0.5, 0.6) is 0 Å². The maximum absolute atomic E-state index is 11.5. The van der Waals surface area contributed by atoms with E-state index in [0.29, 0.717) is 11.6 Å². The van der Waals surface area contributed by atoms with Gasteiger partial charge in [-0.25, -0.2) is 8.42 Å². The smallest absolute Gasteiger partial charge is 0.153 e. The van der Waals surface area contributed by atoms with Gasteiger partial charge in [0, 0.05) is 17.6 Å². The molecule has 0 aromatic heterocycles. The Morgan fingerprint density at radius 2 is 2.07 bits per heavy atom. The van der Waals surface area contributed by atoms with Gasteiger partial charge in [0.25, 0.3) is 0 Å². The van der Waals surface area contributed by atoms with E-state index in [1.807, 2.05) is 18.2 Å². The number of sulfone groups is 1. The molecule has 0 aliphatic carbocycles. The molecule has 2 rings (SSSR count). The predicted octanol–water partition coefficient (Wildman–Crippen LogP) is 1.40. The van der Waals surface area contributed by atoms with Crippen LogP contribution in [0.15, 0.2) is 24.3 Å². The maximum atomic E-state index is 11.5. The van der Waals surface area contributed by atoms with Gasteiger partial charge in [-0.3, -0.25) is 0 Å². The highest BCUT2D eigenvalue weighted by Crippen LogP contribution is 2.25. The van der Waals surface area contributed by atoms with E-state index in [2.05, 4.69) is 5.32 Å². The molecule has 0 radical (unpaired) electrons. The highest BCUT2D eigenvalue weighted by molar-refractivity contribution is 7.91. The maximum Gasteiger partial charge on any atom is 0.153 e. The Morgan fingerprint density at radius 3 is 2.73 bits per heavy atom. The standard InChI is InChI=1S/C10H12ClNO2S/c11-9-4-2-1-3-8(9)10-7-15(13,14)6-5-12-10/h1-4,10,12H,5-7H2. The van der Waals surface area contributed by atoms with Crippen molar-refractivity contribution in [2.45, 2.75) is 6.04 Å². The molecule has 1 aliphatic heterocycles. The molecule has 1 aromatic rings. The van der Waals surface area contributed by atoms with E-state index in [1.165, 1.54) is 0 Å². The quantitative estimate of drug-likeness (QED) is 0.814. The molecule has 1 saturated heterocycles. The van der Waals surface area contributed by atoms with Gasteiger partial charge in [-0.1, -0.05) is 29.8 Å². The molecule has 3 nitrogen and oxygen atoms in total. The molecule has 0 saturated carbocycles. The van der Waals surface area contributed by atoms with Crippen LogP contribution >= 0.6 is 11.6 Å². The van der Waals surface area contributed by atoms with E-state index < -0.39 is 9.84 Å². The second-order valence-corrected chi connectivity index (χ2v) is 6.28. The molecule has 0 bridgehead atoms. The first-order valence-corrected chi connectivity index (χ1v) is 6.97. The van der Waals surface area contributed by atoms with Crippen molar-refractivity contribution in [2.75, 3.05) is 18.1 Å². The second kappa shape index (κ2) is 4.12. The van der Waals surface area contributed by atoms with Crippen molar-refractivity contribution >= 4 is 21.4 Å². The SMILES string of the molecule is O=S1(=O)CCNC(c2ccccc2Cl)C1. The summed E-state index contributed by atoms with van der Waals surface area (Å²) in [4.78, 5) is 0. The molecule has 1 aromatic carbocycles. The van der Waals surface area contributed by atoms with Gasteiger partial charge in [0.15, 0.2) is 9.84 Å². The molecule has 0 spiro atoms. The molecule has 1 atom stereocenters. The Kier molecular flexibility index (Phi) is 3.00. The summed E-state index contributed by atoms with van der Waals surface area (Å²) in [5.41, 5.74) is 0.863. The first kappa shape index (κ1) is 10.9. The van der Waals surface area contributed by atoms with Crippen LogP contribution in [0.2, 0.25) is 5.02 Å². The summed E-state index contributed by atoms with van der Waals surface area (Å²) in [6, 6.07) is 7.17. The van der Waals surface area contributed by atoms with E-state index in [-0.39, 0.29) is 17.5 Å². The van der Waals surface area contributed by atoms with Crippen molar-refractivity contribution in [3.8, 4) is 0 Å². The predicted molar refractivity (Wildman–Crippen MR) is 60.8 cm³/mol. The number of hydrogen-bond acceptors (Lipinski definition) is 3. The van der Waals surface area contributed by atoms with Crippen molar-refractivity contribution in [1.29, 1.82) is 0 Å². The molecular formula is C10H12ClNO2S. The third-order valence-corrected chi connectivity index (χ3v) is 4.52. The number of nitrogens with one attached hydrogen (secondary N) is 1. The minimum absolute atomic E-state index is 0.136. The van der Waals surface area contributed by atoms with Gasteiger partial charge in [-0.05, 0) is 11.6 Å². The van der Waals surface area contributed by atoms with Crippen molar-refractivity contribution in [1.82, 2.24) is 5.32 Å². The van der Waals surface area contributed by atoms with Crippen molar-refractivity contribution in [3.05, 3.63) is 34.9 Å². The number of benzene rings is 1. The lowest BCUT2D eigenvalue weighted by molar-refractivity contribution is 0.531. The Hall–Kier alpha value is -0.580. The molecule has 1 heterocycles. The zero-order valence-corrected chi connectivity index (χ0v) is 9.68. The normalized spacial score (nSPS) is 25.0. The van der Waals surface area contributed by atoms with E-state index in [0.717, 1.165) is 5.56 Å². The fourth-order valence-electron chi connectivity index (χ4n) is 1.74. The molecule has 1 aliphatic rings. The molecule has 1 fully saturated rings. The van der Waals surface area contributed by atoms with Crippen molar-refractivity contribution < 1.29 is 8.42 Å². The summed E-state index contributed by atoms with van der Waals surface area (Å²) >= 11 is 6.02. The van der Waals surface area contributed by atoms with Crippen LogP contribution in [0.25, 0.3) is 0 Å². The minimum atomic E-state index is -2.92. The monoisotopic (exact) mass is 245 g/mol.